The van der Waals surface area contributed by atoms with Crippen molar-refractivity contribution in [3.05, 3.63) is 51.7 Å². The number of benzene rings is 1. The van der Waals surface area contributed by atoms with Crippen molar-refractivity contribution in [2.75, 3.05) is 11.9 Å². The molecule has 0 bridgehead atoms. The Balaban J connectivity index is 1.70. The van der Waals surface area contributed by atoms with E-state index < -0.39 is 23.6 Å². The summed E-state index contributed by atoms with van der Waals surface area (Å²) in [6.45, 7) is 1.92. The van der Waals surface area contributed by atoms with Gasteiger partial charge in [-0.05, 0) is 55.9 Å². The van der Waals surface area contributed by atoms with Gasteiger partial charge in [0, 0.05) is 4.88 Å². The maximum absolute atomic E-state index is 13.1. The molecular formula is C20H20FN3O4S. The zero-order valence-electron chi connectivity index (χ0n) is 15.8. The van der Waals surface area contributed by atoms with Gasteiger partial charge >= 0.3 is 17.8 Å². The van der Waals surface area contributed by atoms with Crippen LogP contribution >= 0.6 is 11.3 Å². The molecule has 0 atom stereocenters. The van der Waals surface area contributed by atoms with E-state index in [0.29, 0.717) is 16.1 Å². The fourth-order valence-electron chi connectivity index (χ4n) is 3.04. The van der Waals surface area contributed by atoms with Crippen molar-refractivity contribution in [2.24, 2.45) is 5.10 Å². The van der Waals surface area contributed by atoms with Gasteiger partial charge in [0.15, 0.2) is 0 Å². The van der Waals surface area contributed by atoms with Crippen molar-refractivity contribution in [3.63, 3.8) is 0 Å². The number of hydrogen-bond acceptors (Lipinski definition) is 6. The number of nitrogens with one attached hydrogen (secondary N) is 2. The Morgan fingerprint density at radius 2 is 2.03 bits per heavy atom. The van der Waals surface area contributed by atoms with Crippen LogP contribution in [0.25, 0.3) is 0 Å². The highest BCUT2D eigenvalue weighted by Gasteiger charge is 2.28. The summed E-state index contributed by atoms with van der Waals surface area (Å²) >= 11 is 1.29. The summed E-state index contributed by atoms with van der Waals surface area (Å²) in [5, 5.41) is 6.46. The van der Waals surface area contributed by atoms with Crippen LogP contribution in [0.15, 0.2) is 29.4 Å². The minimum absolute atomic E-state index is 0.214. The van der Waals surface area contributed by atoms with Gasteiger partial charge in [-0.1, -0.05) is 12.1 Å². The van der Waals surface area contributed by atoms with Crippen LogP contribution in [0.2, 0.25) is 0 Å². The lowest BCUT2D eigenvalue weighted by Gasteiger charge is -2.12. The molecule has 9 heteroatoms. The lowest BCUT2D eigenvalue weighted by atomic mass is 9.95. The molecule has 0 spiro atoms. The minimum Gasteiger partial charge on any atom is -0.462 e. The van der Waals surface area contributed by atoms with Crippen LogP contribution in [0, 0.1) is 5.82 Å². The van der Waals surface area contributed by atoms with Crippen molar-refractivity contribution in [2.45, 2.75) is 32.6 Å². The molecule has 2 amide bonds. The standard InChI is InChI=1S/C20H20FN3O4S/c1-2-28-20(27)16-14-8-3-4-9-15(14)29-19(16)23-17(25)18(26)24-22-11-12-6-5-7-13(21)10-12/h5-7,10-11H,2-4,8-9H2,1H3,(H,23,25)(H,24,26). The number of carbonyl (C=O) groups is 3. The Hall–Kier alpha value is -3.07. The number of carbonyl (C=O) groups excluding carboxylic acids is 3. The number of aryl methyl sites for hydroxylation is 1. The fraction of sp³-hybridized carbons (Fsp3) is 0.300. The highest BCUT2D eigenvalue weighted by molar-refractivity contribution is 7.17. The first kappa shape index (κ1) is 20.7. The number of nitrogens with zero attached hydrogens (tertiary/aromatic N) is 1. The molecular weight excluding hydrogens is 397 g/mol. The Kier molecular flexibility index (Phi) is 6.71. The first-order chi connectivity index (χ1) is 14.0. The normalized spacial score (nSPS) is 13.0. The third-order valence-electron chi connectivity index (χ3n) is 4.31. The molecule has 0 radical (unpaired) electrons. The molecule has 152 valence electrons. The van der Waals surface area contributed by atoms with Gasteiger partial charge in [0.05, 0.1) is 18.4 Å². The van der Waals surface area contributed by atoms with E-state index in [2.05, 4.69) is 15.8 Å². The summed E-state index contributed by atoms with van der Waals surface area (Å²) in [4.78, 5) is 37.7. The molecule has 3 rings (SSSR count). The van der Waals surface area contributed by atoms with Crippen LogP contribution in [0.5, 0.6) is 0 Å². The van der Waals surface area contributed by atoms with Crippen molar-refractivity contribution < 1.29 is 23.5 Å². The number of ether oxygens (including phenoxy) is 1. The minimum atomic E-state index is -1.00. The average molecular weight is 417 g/mol. The third-order valence-corrected chi connectivity index (χ3v) is 5.52. The quantitative estimate of drug-likeness (QED) is 0.338. The molecule has 1 heterocycles. The van der Waals surface area contributed by atoms with E-state index in [-0.39, 0.29) is 6.61 Å². The number of hydrazone groups is 1. The predicted octanol–water partition coefficient (Wildman–Crippen LogP) is 3.03. The molecule has 1 aliphatic rings. The molecule has 7 nitrogen and oxygen atoms in total. The summed E-state index contributed by atoms with van der Waals surface area (Å²) in [5.41, 5.74) is 3.74. The van der Waals surface area contributed by atoms with E-state index in [0.717, 1.165) is 36.1 Å². The van der Waals surface area contributed by atoms with Gasteiger partial charge in [0.25, 0.3) is 0 Å². The third kappa shape index (κ3) is 5.05. The highest BCUT2D eigenvalue weighted by atomic mass is 32.1. The van der Waals surface area contributed by atoms with E-state index in [9.17, 15) is 18.8 Å². The largest absolute Gasteiger partial charge is 0.462 e. The zero-order valence-corrected chi connectivity index (χ0v) is 16.6. The second-order valence-electron chi connectivity index (χ2n) is 6.34. The Morgan fingerprint density at radius 3 is 2.79 bits per heavy atom. The molecule has 0 saturated heterocycles. The number of rotatable bonds is 5. The van der Waals surface area contributed by atoms with Crippen LogP contribution in [-0.2, 0) is 27.2 Å². The maximum atomic E-state index is 13.1. The highest BCUT2D eigenvalue weighted by Crippen LogP contribution is 2.38. The van der Waals surface area contributed by atoms with Crippen molar-refractivity contribution in [3.8, 4) is 0 Å². The maximum Gasteiger partial charge on any atom is 0.341 e. The monoisotopic (exact) mass is 417 g/mol. The Labute approximate surface area is 171 Å². The second-order valence-corrected chi connectivity index (χ2v) is 7.45. The van der Waals surface area contributed by atoms with Crippen LogP contribution in [0.1, 0.15) is 46.1 Å². The Bertz CT molecular complexity index is 971. The Morgan fingerprint density at radius 1 is 1.24 bits per heavy atom. The topological polar surface area (TPSA) is 96.9 Å². The molecule has 1 aromatic heterocycles. The van der Waals surface area contributed by atoms with E-state index in [1.54, 1.807) is 13.0 Å². The fourth-order valence-corrected chi connectivity index (χ4v) is 4.31. The number of thiophene rings is 1. The van der Waals surface area contributed by atoms with E-state index in [1.165, 1.54) is 35.8 Å². The van der Waals surface area contributed by atoms with Crippen LogP contribution < -0.4 is 10.7 Å². The first-order valence-corrected chi connectivity index (χ1v) is 10.0. The average Bonchev–Trinajstić information content (AvgIpc) is 3.06. The van der Waals surface area contributed by atoms with Crippen LogP contribution in [0.4, 0.5) is 9.39 Å². The number of hydrogen-bond donors (Lipinski definition) is 2. The van der Waals surface area contributed by atoms with Crippen molar-refractivity contribution in [1.29, 1.82) is 0 Å². The molecule has 1 aliphatic carbocycles. The number of esters is 1. The van der Waals surface area contributed by atoms with Gasteiger partial charge in [0.1, 0.15) is 10.8 Å². The SMILES string of the molecule is CCOC(=O)c1c(NC(=O)C(=O)NN=Cc2cccc(F)c2)sc2c1CCCC2. The summed E-state index contributed by atoms with van der Waals surface area (Å²) in [6, 6.07) is 5.62. The number of anilines is 1. The number of halogens is 1. The zero-order chi connectivity index (χ0) is 20.8. The first-order valence-electron chi connectivity index (χ1n) is 9.21. The van der Waals surface area contributed by atoms with Crippen LogP contribution in [0.3, 0.4) is 0 Å². The number of fused-ring (bicyclic) bond motifs is 1. The summed E-state index contributed by atoms with van der Waals surface area (Å²) < 4.78 is 18.2. The molecule has 2 N–H and O–H groups in total. The molecule has 0 aliphatic heterocycles. The molecule has 0 unspecified atom stereocenters. The van der Waals surface area contributed by atoms with Crippen molar-refractivity contribution >= 4 is 40.3 Å². The number of amides is 2. The van der Waals surface area contributed by atoms with Gasteiger partial charge in [-0.3, -0.25) is 9.59 Å². The predicted molar refractivity (Wildman–Crippen MR) is 108 cm³/mol. The molecule has 2 aromatic rings. The lowest BCUT2D eigenvalue weighted by Crippen LogP contribution is -2.32. The molecule has 0 saturated carbocycles. The van der Waals surface area contributed by atoms with Gasteiger partial charge in [0.2, 0.25) is 0 Å². The summed E-state index contributed by atoms with van der Waals surface area (Å²) in [7, 11) is 0. The van der Waals surface area contributed by atoms with E-state index >= 15 is 0 Å². The summed E-state index contributed by atoms with van der Waals surface area (Å²) in [5.74, 6) is -2.90. The molecule has 29 heavy (non-hydrogen) atoms. The lowest BCUT2D eigenvalue weighted by molar-refractivity contribution is -0.136. The van der Waals surface area contributed by atoms with Crippen molar-refractivity contribution in [1.82, 2.24) is 5.43 Å². The van der Waals surface area contributed by atoms with E-state index in [4.69, 9.17) is 4.74 Å². The second kappa shape index (κ2) is 9.42. The molecule has 0 fully saturated rings. The van der Waals surface area contributed by atoms with Gasteiger partial charge < -0.3 is 10.1 Å². The van der Waals surface area contributed by atoms with Gasteiger partial charge in [-0.15, -0.1) is 11.3 Å². The summed E-state index contributed by atoms with van der Waals surface area (Å²) in [6.07, 6.45) is 4.76. The smallest absolute Gasteiger partial charge is 0.341 e. The van der Waals surface area contributed by atoms with Gasteiger partial charge in [-0.2, -0.15) is 5.10 Å². The van der Waals surface area contributed by atoms with Crippen LogP contribution in [-0.4, -0.2) is 30.6 Å². The van der Waals surface area contributed by atoms with Gasteiger partial charge in [-0.25, -0.2) is 14.6 Å². The van der Waals surface area contributed by atoms with E-state index in [1.807, 2.05) is 0 Å². The molecule has 1 aromatic carbocycles.